The maximum absolute atomic E-state index is 12.0. The second-order valence-corrected chi connectivity index (χ2v) is 5.16. The molecule has 1 N–H and O–H groups in total. The molecular weight excluding hydrogens is 252 g/mol. The van der Waals surface area contributed by atoms with Gasteiger partial charge in [0.05, 0.1) is 6.54 Å². The lowest BCUT2D eigenvalue weighted by molar-refractivity contribution is -0.132. The fourth-order valence-electron chi connectivity index (χ4n) is 2.01. The van der Waals surface area contributed by atoms with E-state index >= 15 is 0 Å². The van der Waals surface area contributed by atoms with Gasteiger partial charge in [-0.15, -0.1) is 0 Å². The molecule has 0 fully saturated rings. The largest absolute Gasteiger partial charge is 0.334 e. The van der Waals surface area contributed by atoms with Crippen LogP contribution in [0.1, 0.15) is 37.8 Å². The molecule has 0 aliphatic heterocycles. The lowest BCUT2D eigenvalue weighted by Gasteiger charge is -2.20. The Balaban J connectivity index is 2.63. The monoisotopic (exact) mass is 276 g/mol. The number of benzene rings is 1. The van der Waals surface area contributed by atoms with E-state index in [1.165, 1.54) is 6.92 Å². The lowest BCUT2D eigenvalue weighted by Crippen LogP contribution is -2.37. The number of rotatable bonds is 6. The smallest absolute Gasteiger partial charge is 0.244 e. The van der Waals surface area contributed by atoms with E-state index in [-0.39, 0.29) is 18.4 Å². The summed E-state index contributed by atoms with van der Waals surface area (Å²) in [6.07, 6.45) is 1.92. The zero-order valence-corrected chi connectivity index (χ0v) is 12.8. The Kier molecular flexibility index (Phi) is 6.22. The second-order valence-electron chi connectivity index (χ2n) is 5.16. The number of nitrogens with zero attached hydrogens (tertiary/aromatic N) is 1. The topological polar surface area (TPSA) is 49.4 Å². The molecule has 0 bridgehead atoms. The molecule has 0 atom stereocenters. The van der Waals surface area contributed by atoms with Crippen LogP contribution in [0.4, 0.5) is 5.69 Å². The summed E-state index contributed by atoms with van der Waals surface area (Å²) in [6.45, 7) is 8.28. The SMILES string of the molecule is CCCCN(CC(=O)Nc1ccc(C)cc1C)C(C)=O. The van der Waals surface area contributed by atoms with Crippen LogP contribution < -0.4 is 5.32 Å². The van der Waals surface area contributed by atoms with Crippen LogP contribution in [-0.2, 0) is 9.59 Å². The zero-order valence-electron chi connectivity index (χ0n) is 12.8. The number of amides is 2. The highest BCUT2D eigenvalue weighted by molar-refractivity contribution is 5.94. The summed E-state index contributed by atoms with van der Waals surface area (Å²) in [4.78, 5) is 25.1. The molecule has 0 aromatic heterocycles. The summed E-state index contributed by atoms with van der Waals surface area (Å²) in [5, 5.41) is 2.87. The van der Waals surface area contributed by atoms with Crippen LogP contribution in [0, 0.1) is 13.8 Å². The molecule has 4 heteroatoms. The first-order chi connectivity index (χ1) is 9.43. The van der Waals surface area contributed by atoms with Crippen molar-refractivity contribution in [1.82, 2.24) is 4.90 Å². The maximum atomic E-state index is 12.0. The highest BCUT2D eigenvalue weighted by atomic mass is 16.2. The van der Waals surface area contributed by atoms with E-state index in [4.69, 9.17) is 0 Å². The van der Waals surface area contributed by atoms with Gasteiger partial charge in [-0.1, -0.05) is 31.0 Å². The Bertz CT molecular complexity index is 483. The average molecular weight is 276 g/mol. The Hall–Kier alpha value is -1.84. The van der Waals surface area contributed by atoms with Gasteiger partial charge >= 0.3 is 0 Å². The van der Waals surface area contributed by atoms with Gasteiger partial charge in [0.25, 0.3) is 0 Å². The Morgan fingerprint density at radius 2 is 1.95 bits per heavy atom. The van der Waals surface area contributed by atoms with Crippen LogP contribution in [0.2, 0.25) is 0 Å². The molecule has 4 nitrogen and oxygen atoms in total. The summed E-state index contributed by atoms with van der Waals surface area (Å²) in [7, 11) is 0. The molecule has 110 valence electrons. The van der Waals surface area contributed by atoms with E-state index in [9.17, 15) is 9.59 Å². The van der Waals surface area contributed by atoms with Crippen molar-refractivity contribution in [3.8, 4) is 0 Å². The molecule has 20 heavy (non-hydrogen) atoms. The molecule has 0 heterocycles. The highest BCUT2D eigenvalue weighted by Gasteiger charge is 2.13. The molecule has 0 aliphatic rings. The van der Waals surface area contributed by atoms with Crippen molar-refractivity contribution in [3.05, 3.63) is 29.3 Å². The molecule has 0 radical (unpaired) electrons. The molecule has 0 saturated heterocycles. The summed E-state index contributed by atoms with van der Waals surface area (Å²) >= 11 is 0. The molecule has 0 unspecified atom stereocenters. The molecule has 0 spiro atoms. The van der Waals surface area contributed by atoms with Crippen molar-refractivity contribution in [2.24, 2.45) is 0 Å². The Labute approximate surface area is 121 Å². The molecule has 1 aromatic rings. The van der Waals surface area contributed by atoms with Crippen LogP contribution in [0.25, 0.3) is 0 Å². The van der Waals surface area contributed by atoms with Gasteiger partial charge < -0.3 is 10.2 Å². The van der Waals surface area contributed by atoms with Crippen LogP contribution >= 0.6 is 0 Å². The predicted molar refractivity (Wildman–Crippen MR) is 81.7 cm³/mol. The van der Waals surface area contributed by atoms with Crippen LogP contribution in [0.3, 0.4) is 0 Å². The first kappa shape index (κ1) is 16.2. The highest BCUT2D eigenvalue weighted by Crippen LogP contribution is 2.15. The summed E-state index contributed by atoms with van der Waals surface area (Å²) in [6, 6.07) is 5.88. The van der Waals surface area contributed by atoms with E-state index in [0.717, 1.165) is 29.7 Å². The standard InChI is InChI=1S/C16H24N2O2/c1-5-6-9-18(14(4)19)11-16(20)17-15-8-7-12(2)10-13(15)3/h7-8,10H,5-6,9,11H2,1-4H3,(H,17,20). The number of nitrogens with one attached hydrogen (secondary N) is 1. The first-order valence-electron chi connectivity index (χ1n) is 7.06. The molecule has 2 amide bonds. The van der Waals surface area contributed by atoms with Crippen molar-refractivity contribution in [2.45, 2.75) is 40.5 Å². The summed E-state index contributed by atoms with van der Waals surface area (Å²) in [5.41, 5.74) is 3.00. The van der Waals surface area contributed by atoms with E-state index in [2.05, 4.69) is 12.2 Å². The van der Waals surface area contributed by atoms with Crippen molar-refractivity contribution in [2.75, 3.05) is 18.4 Å². The van der Waals surface area contributed by atoms with Crippen molar-refractivity contribution < 1.29 is 9.59 Å². The van der Waals surface area contributed by atoms with E-state index < -0.39 is 0 Å². The van der Waals surface area contributed by atoms with E-state index in [1.807, 2.05) is 32.0 Å². The maximum Gasteiger partial charge on any atom is 0.244 e. The van der Waals surface area contributed by atoms with Crippen LogP contribution in [-0.4, -0.2) is 29.8 Å². The number of aryl methyl sites for hydroxylation is 2. The van der Waals surface area contributed by atoms with Gasteiger partial charge in [0.2, 0.25) is 11.8 Å². The van der Waals surface area contributed by atoms with Gasteiger partial charge in [0.15, 0.2) is 0 Å². The minimum atomic E-state index is -0.150. The van der Waals surface area contributed by atoms with Gasteiger partial charge in [0, 0.05) is 19.2 Å². The number of hydrogen-bond acceptors (Lipinski definition) is 2. The minimum Gasteiger partial charge on any atom is -0.334 e. The van der Waals surface area contributed by atoms with Crippen molar-refractivity contribution in [1.29, 1.82) is 0 Å². The Morgan fingerprint density at radius 1 is 1.25 bits per heavy atom. The van der Waals surface area contributed by atoms with E-state index in [0.29, 0.717) is 6.54 Å². The van der Waals surface area contributed by atoms with Gasteiger partial charge in [-0.2, -0.15) is 0 Å². The van der Waals surface area contributed by atoms with Crippen LogP contribution in [0.5, 0.6) is 0 Å². The fraction of sp³-hybridized carbons (Fsp3) is 0.500. The second kappa shape index (κ2) is 7.68. The van der Waals surface area contributed by atoms with Gasteiger partial charge in [0.1, 0.15) is 0 Å². The predicted octanol–water partition coefficient (Wildman–Crippen LogP) is 2.89. The molecular formula is C16H24N2O2. The lowest BCUT2D eigenvalue weighted by atomic mass is 10.1. The average Bonchev–Trinajstić information content (AvgIpc) is 2.37. The number of unbranched alkanes of at least 4 members (excludes halogenated alkanes) is 1. The molecule has 1 rings (SSSR count). The number of anilines is 1. The third-order valence-corrected chi connectivity index (χ3v) is 3.22. The zero-order chi connectivity index (χ0) is 15.1. The number of hydrogen-bond donors (Lipinski definition) is 1. The van der Waals surface area contributed by atoms with Crippen molar-refractivity contribution >= 4 is 17.5 Å². The van der Waals surface area contributed by atoms with Crippen LogP contribution in [0.15, 0.2) is 18.2 Å². The normalized spacial score (nSPS) is 10.2. The molecule has 0 aliphatic carbocycles. The molecule has 0 saturated carbocycles. The quantitative estimate of drug-likeness (QED) is 0.868. The first-order valence-corrected chi connectivity index (χ1v) is 7.06. The fourth-order valence-corrected chi connectivity index (χ4v) is 2.01. The summed E-state index contributed by atoms with van der Waals surface area (Å²) in [5.74, 6) is -0.211. The number of carbonyl (C=O) groups is 2. The third kappa shape index (κ3) is 5.03. The summed E-state index contributed by atoms with van der Waals surface area (Å²) < 4.78 is 0. The minimum absolute atomic E-state index is 0.0609. The van der Waals surface area contributed by atoms with Gasteiger partial charge in [-0.25, -0.2) is 0 Å². The van der Waals surface area contributed by atoms with Crippen molar-refractivity contribution in [3.63, 3.8) is 0 Å². The molecule has 1 aromatic carbocycles. The van der Waals surface area contributed by atoms with Gasteiger partial charge in [-0.05, 0) is 31.9 Å². The van der Waals surface area contributed by atoms with Gasteiger partial charge in [-0.3, -0.25) is 9.59 Å². The number of carbonyl (C=O) groups excluding carboxylic acids is 2. The third-order valence-electron chi connectivity index (χ3n) is 3.22. The Morgan fingerprint density at radius 3 is 2.50 bits per heavy atom. The van der Waals surface area contributed by atoms with E-state index in [1.54, 1.807) is 4.90 Å².